The third kappa shape index (κ3) is 1.51. The molecule has 64 valence electrons. The van der Waals surface area contributed by atoms with Crippen LogP contribution < -0.4 is 0 Å². The third-order valence-corrected chi connectivity index (χ3v) is 2.45. The molecule has 0 aliphatic heterocycles. The molecule has 0 amide bonds. The number of aryl methyl sites for hydroxylation is 1. The zero-order chi connectivity index (χ0) is 8.55. The molecule has 2 rings (SSSR count). The van der Waals surface area contributed by atoms with Crippen molar-refractivity contribution in [3.05, 3.63) is 35.4 Å². The van der Waals surface area contributed by atoms with E-state index in [1.165, 1.54) is 18.4 Å². The van der Waals surface area contributed by atoms with Crippen LogP contribution in [-0.4, -0.2) is 5.11 Å². The van der Waals surface area contributed by atoms with Crippen molar-refractivity contribution in [2.45, 2.75) is 25.9 Å². The molecule has 1 nitrogen and oxygen atoms in total. The third-order valence-electron chi connectivity index (χ3n) is 2.45. The van der Waals surface area contributed by atoms with Crippen LogP contribution in [0.2, 0.25) is 0 Å². The Morgan fingerprint density at radius 2 is 2.17 bits per heavy atom. The maximum absolute atomic E-state index is 9.78. The second-order valence-electron chi connectivity index (χ2n) is 3.70. The molecule has 1 saturated carbocycles. The van der Waals surface area contributed by atoms with Crippen LogP contribution in [0, 0.1) is 12.8 Å². The molecule has 0 aromatic heterocycles. The molecule has 12 heavy (non-hydrogen) atoms. The lowest BCUT2D eigenvalue weighted by Crippen LogP contribution is -1.99. The van der Waals surface area contributed by atoms with Gasteiger partial charge in [-0.05, 0) is 31.2 Å². The zero-order valence-corrected chi connectivity index (χ0v) is 7.33. The van der Waals surface area contributed by atoms with Crippen molar-refractivity contribution in [3.63, 3.8) is 0 Å². The van der Waals surface area contributed by atoms with Gasteiger partial charge in [-0.3, -0.25) is 0 Å². The van der Waals surface area contributed by atoms with E-state index in [-0.39, 0.29) is 6.10 Å². The molecule has 1 N–H and O–H groups in total. The first kappa shape index (κ1) is 7.81. The Bertz CT molecular complexity index is 276. The second kappa shape index (κ2) is 2.91. The average molecular weight is 162 g/mol. The Labute approximate surface area is 73.0 Å². The molecule has 1 aromatic rings. The van der Waals surface area contributed by atoms with E-state index >= 15 is 0 Å². The average Bonchev–Trinajstić information content (AvgIpc) is 2.85. The Morgan fingerprint density at radius 3 is 2.75 bits per heavy atom. The summed E-state index contributed by atoms with van der Waals surface area (Å²) in [6.07, 6.45) is 2.16. The summed E-state index contributed by atoms with van der Waals surface area (Å²) < 4.78 is 0. The summed E-state index contributed by atoms with van der Waals surface area (Å²) in [5, 5.41) is 9.78. The number of benzene rings is 1. The lowest BCUT2D eigenvalue weighted by atomic mass is 10.0. The van der Waals surface area contributed by atoms with Gasteiger partial charge in [-0.1, -0.05) is 29.8 Å². The topological polar surface area (TPSA) is 20.2 Å². The van der Waals surface area contributed by atoms with Gasteiger partial charge in [0.2, 0.25) is 0 Å². The minimum atomic E-state index is -0.218. The van der Waals surface area contributed by atoms with Crippen molar-refractivity contribution >= 4 is 0 Å². The van der Waals surface area contributed by atoms with E-state index in [0.29, 0.717) is 5.92 Å². The molecule has 1 aromatic carbocycles. The van der Waals surface area contributed by atoms with Crippen LogP contribution in [0.5, 0.6) is 0 Å². The molecule has 1 atom stereocenters. The van der Waals surface area contributed by atoms with Crippen LogP contribution in [0.15, 0.2) is 24.3 Å². The highest BCUT2D eigenvalue weighted by Crippen LogP contribution is 2.40. The predicted octanol–water partition coefficient (Wildman–Crippen LogP) is 2.44. The van der Waals surface area contributed by atoms with Crippen LogP contribution in [0.1, 0.15) is 30.1 Å². The van der Waals surface area contributed by atoms with E-state index in [2.05, 4.69) is 19.1 Å². The molecular formula is C11H14O. The summed E-state index contributed by atoms with van der Waals surface area (Å²) >= 11 is 0. The van der Waals surface area contributed by atoms with Crippen LogP contribution in [0.4, 0.5) is 0 Å². The number of rotatable bonds is 2. The molecule has 1 fully saturated rings. The molecule has 1 aliphatic rings. The van der Waals surface area contributed by atoms with E-state index in [1.54, 1.807) is 0 Å². The molecule has 0 spiro atoms. The number of aliphatic hydroxyl groups is 1. The molecule has 0 heterocycles. The van der Waals surface area contributed by atoms with Gasteiger partial charge in [0.25, 0.3) is 0 Å². The molecule has 1 heteroatoms. The number of aliphatic hydroxyl groups excluding tert-OH is 1. The first-order chi connectivity index (χ1) is 5.77. The summed E-state index contributed by atoms with van der Waals surface area (Å²) in [7, 11) is 0. The largest absolute Gasteiger partial charge is 0.388 e. The first-order valence-corrected chi connectivity index (χ1v) is 4.52. The highest BCUT2D eigenvalue weighted by atomic mass is 16.3. The van der Waals surface area contributed by atoms with E-state index in [4.69, 9.17) is 0 Å². The van der Waals surface area contributed by atoms with Gasteiger partial charge in [-0.15, -0.1) is 0 Å². The van der Waals surface area contributed by atoms with Gasteiger partial charge < -0.3 is 5.11 Å². The van der Waals surface area contributed by atoms with E-state index in [0.717, 1.165) is 5.56 Å². The zero-order valence-electron chi connectivity index (χ0n) is 7.33. The standard InChI is InChI=1S/C11H14O/c1-8-3-2-4-10(7-8)11(12)9-5-6-9/h2-4,7,9,11-12H,5-6H2,1H3/t11-/m0/s1. The van der Waals surface area contributed by atoms with E-state index < -0.39 is 0 Å². The summed E-state index contributed by atoms with van der Waals surface area (Å²) in [6.45, 7) is 2.06. The summed E-state index contributed by atoms with van der Waals surface area (Å²) in [6, 6.07) is 8.15. The Kier molecular flexibility index (Phi) is 1.89. The van der Waals surface area contributed by atoms with Gasteiger partial charge in [0.15, 0.2) is 0 Å². The lowest BCUT2D eigenvalue weighted by molar-refractivity contribution is 0.154. The maximum atomic E-state index is 9.78. The van der Waals surface area contributed by atoms with E-state index in [9.17, 15) is 5.11 Å². The van der Waals surface area contributed by atoms with Crippen molar-refractivity contribution in [1.29, 1.82) is 0 Å². The predicted molar refractivity (Wildman–Crippen MR) is 48.9 cm³/mol. The van der Waals surface area contributed by atoms with Gasteiger partial charge in [-0.2, -0.15) is 0 Å². The number of hydrogen-bond donors (Lipinski definition) is 1. The summed E-state index contributed by atoms with van der Waals surface area (Å²) in [5.74, 6) is 0.534. The smallest absolute Gasteiger partial charge is 0.0818 e. The van der Waals surface area contributed by atoms with Crippen molar-refractivity contribution in [3.8, 4) is 0 Å². The van der Waals surface area contributed by atoms with Crippen molar-refractivity contribution < 1.29 is 5.11 Å². The van der Waals surface area contributed by atoms with Crippen LogP contribution in [0.3, 0.4) is 0 Å². The Hall–Kier alpha value is -0.820. The highest BCUT2D eigenvalue weighted by Gasteiger charge is 2.30. The van der Waals surface area contributed by atoms with Crippen molar-refractivity contribution in [2.75, 3.05) is 0 Å². The molecule has 0 radical (unpaired) electrons. The van der Waals surface area contributed by atoms with E-state index in [1.807, 2.05) is 12.1 Å². The van der Waals surface area contributed by atoms with Crippen molar-refractivity contribution in [1.82, 2.24) is 0 Å². The van der Waals surface area contributed by atoms with Crippen molar-refractivity contribution in [2.24, 2.45) is 5.92 Å². The summed E-state index contributed by atoms with van der Waals surface area (Å²) in [4.78, 5) is 0. The van der Waals surface area contributed by atoms with Gasteiger partial charge in [0.1, 0.15) is 0 Å². The molecule has 0 saturated heterocycles. The summed E-state index contributed by atoms with van der Waals surface area (Å²) in [5.41, 5.74) is 2.31. The van der Waals surface area contributed by atoms with Gasteiger partial charge >= 0.3 is 0 Å². The minimum Gasteiger partial charge on any atom is -0.388 e. The van der Waals surface area contributed by atoms with Gasteiger partial charge in [0.05, 0.1) is 6.10 Å². The first-order valence-electron chi connectivity index (χ1n) is 4.52. The fourth-order valence-corrected chi connectivity index (χ4v) is 1.54. The monoisotopic (exact) mass is 162 g/mol. The normalized spacial score (nSPS) is 19.2. The fourth-order valence-electron chi connectivity index (χ4n) is 1.54. The minimum absolute atomic E-state index is 0.218. The fraction of sp³-hybridized carbons (Fsp3) is 0.455. The van der Waals surface area contributed by atoms with Crippen LogP contribution in [0.25, 0.3) is 0 Å². The molecule has 0 bridgehead atoms. The maximum Gasteiger partial charge on any atom is 0.0818 e. The Morgan fingerprint density at radius 1 is 1.42 bits per heavy atom. The van der Waals surface area contributed by atoms with Crippen LogP contribution in [-0.2, 0) is 0 Å². The molecule has 0 unspecified atom stereocenters. The lowest BCUT2D eigenvalue weighted by Gasteiger charge is -2.09. The Balaban J connectivity index is 2.20. The molecule has 1 aliphatic carbocycles. The number of hydrogen-bond acceptors (Lipinski definition) is 1. The SMILES string of the molecule is Cc1cccc([C@@H](O)C2CC2)c1. The second-order valence-corrected chi connectivity index (χ2v) is 3.70. The highest BCUT2D eigenvalue weighted by molar-refractivity contribution is 5.25. The van der Waals surface area contributed by atoms with Gasteiger partial charge in [-0.25, -0.2) is 0 Å². The molecular weight excluding hydrogens is 148 g/mol. The quantitative estimate of drug-likeness (QED) is 0.708. The van der Waals surface area contributed by atoms with Gasteiger partial charge in [0, 0.05) is 0 Å². The van der Waals surface area contributed by atoms with Crippen LogP contribution >= 0.6 is 0 Å².